The van der Waals surface area contributed by atoms with Gasteiger partial charge < -0.3 is 24.5 Å². The molecule has 2 unspecified atom stereocenters. The molecule has 1 aliphatic rings. The lowest BCUT2D eigenvalue weighted by atomic mass is 10.1. The number of carbonyl (C=O) groups excluding carboxylic acids is 2. The third-order valence-electron chi connectivity index (χ3n) is 4.62. The number of carboxylic acids is 1. The number of likely N-dealkylation sites (tertiary alicyclic amines) is 1. The van der Waals surface area contributed by atoms with Crippen LogP contribution < -0.4 is 5.32 Å². The van der Waals surface area contributed by atoms with Gasteiger partial charge in [0.05, 0.1) is 12.4 Å². The van der Waals surface area contributed by atoms with Crippen LogP contribution in [0.1, 0.15) is 32.9 Å². The Labute approximate surface area is 155 Å². The van der Waals surface area contributed by atoms with Crippen LogP contribution in [0.3, 0.4) is 0 Å². The summed E-state index contributed by atoms with van der Waals surface area (Å²) in [5, 5.41) is 12.1. The Bertz CT molecular complexity index is 861. The summed E-state index contributed by atoms with van der Waals surface area (Å²) in [5.41, 5.74) is 1.51. The van der Waals surface area contributed by atoms with E-state index in [1.807, 2.05) is 0 Å². The molecule has 0 bridgehead atoms. The number of rotatable bonds is 5. The molecule has 0 spiro atoms. The highest BCUT2D eigenvalue weighted by atomic mass is 16.5. The van der Waals surface area contributed by atoms with Crippen LogP contribution in [0.25, 0.3) is 0 Å². The van der Waals surface area contributed by atoms with Gasteiger partial charge in [0.1, 0.15) is 6.04 Å². The van der Waals surface area contributed by atoms with E-state index in [-0.39, 0.29) is 24.8 Å². The molecule has 8 heteroatoms. The van der Waals surface area contributed by atoms with Crippen molar-refractivity contribution in [2.75, 3.05) is 19.0 Å². The van der Waals surface area contributed by atoms with Gasteiger partial charge in [-0.15, -0.1) is 0 Å². The molecule has 1 aliphatic heterocycles. The number of aliphatic carboxylic acids is 1. The zero-order chi connectivity index (χ0) is 19.6. The second kappa shape index (κ2) is 7.63. The summed E-state index contributed by atoms with van der Waals surface area (Å²) in [6, 6.07) is 7.05. The van der Waals surface area contributed by atoms with Crippen LogP contribution >= 0.6 is 0 Å². The summed E-state index contributed by atoms with van der Waals surface area (Å²) >= 11 is 0. The van der Waals surface area contributed by atoms with Crippen LogP contribution in [0.15, 0.2) is 41.0 Å². The molecule has 8 nitrogen and oxygen atoms in total. The number of nitrogens with zero attached hydrogens (tertiary/aromatic N) is 1. The van der Waals surface area contributed by atoms with E-state index in [1.54, 1.807) is 25.1 Å². The Morgan fingerprint density at radius 1 is 1.30 bits per heavy atom. The average Bonchev–Trinajstić information content (AvgIpc) is 3.32. The number of anilines is 1. The summed E-state index contributed by atoms with van der Waals surface area (Å²) in [7, 11) is 1.49. The zero-order valence-corrected chi connectivity index (χ0v) is 15.0. The van der Waals surface area contributed by atoms with Gasteiger partial charge in [0.2, 0.25) is 0 Å². The molecular weight excluding hydrogens is 352 g/mol. The SMILES string of the molecule is COC1CC(C(=O)O)N(C(=O)c2ccc(C)c(NC(=O)c3ccco3)c2)C1. The molecule has 27 heavy (non-hydrogen) atoms. The predicted octanol–water partition coefficient (Wildman–Crippen LogP) is 2.15. The van der Waals surface area contributed by atoms with Crippen molar-refractivity contribution in [1.29, 1.82) is 0 Å². The fourth-order valence-electron chi connectivity index (χ4n) is 3.07. The van der Waals surface area contributed by atoms with E-state index < -0.39 is 23.8 Å². The first-order valence-corrected chi connectivity index (χ1v) is 8.42. The molecule has 1 saturated heterocycles. The van der Waals surface area contributed by atoms with E-state index >= 15 is 0 Å². The Morgan fingerprint density at radius 2 is 2.07 bits per heavy atom. The molecule has 2 N–H and O–H groups in total. The van der Waals surface area contributed by atoms with Crippen LogP contribution in [0, 0.1) is 6.92 Å². The number of hydrogen-bond acceptors (Lipinski definition) is 5. The Kier molecular flexibility index (Phi) is 5.27. The summed E-state index contributed by atoms with van der Waals surface area (Å²) in [6.45, 7) is 2.00. The van der Waals surface area contributed by atoms with Crippen molar-refractivity contribution < 1.29 is 28.6 Å². The minimum Gasteiger partial charge on any atom is -0.480 e. The molecule has 0 aliphatic carbocycles. The quantitative estimate of drug-likeness (QED) is 0.832. The van der Waals surface area contributed by atoms with Gasteiger partial charge in [-0.1, -0.05) is 6.07 Å². The Morgan fingerprint density at radius 3 is 2.70 bits per heavy atom. The maximum atomic E-state index is 12.9. The predicted molar refractivity (Wildman–Crippen MR) is 95.7 cm³/mol. The van der Waals surface area contributed by atoms with Crippen LogP contribution in [0.2, 0.25) is 0 Å². The van der Waals surface area contributed by atoms with Crippen molar-refractivity contribution in [3.63, 3.8) is 0 Å². The van der Waals surface area contributed by atoms with Crippen molar-refractivity contribution in [2.24, 2.45) is 0 Å². The van der Waals surface area contributed by atoms with E-state index in [2.05, 4.69) is 5.32 Å². The first-order chi connectivity index (χ1) is 12.9. The van der Waals surface area contributed by atoms with E-state index in [1.165, 1.54) is 30.4 Å². The average molecular weight is 372 g/mol. The highest BCUT2D eigenvalue weighted by Gasteiger charge is 2.40. The Hall–Kier alpha value is -3.13. The topological polar surface area (TPSA) is 109 Å². The second-order valence-corrected chi connectivity index (χ2v) is 6.37. The van der Waals surface area contributed by atoms with Crippen LogP contribution in [-0.2, 0) is 9.53 Å². The number of carboxylic acid groups (broad SMARTS) is 1. The third-order valence-corrected chi connectivity index (χ3v) is 4.62. The van der Waals surface area contributed by atoms with E-state index in [4.69, 9.17) is 9.15 Å². The van der Waals surface area contributed by atoms with Gasteiger partial charge in [-0.2, -0.15) is 0 Å². The highest BCUT2D eigenvalue weighted by Crippen LogP contribution is 2.25. The number of methoxy groups -OCH3 is 1. The smallest absolute Gasteiger partial charge is 0.326 e. The lowest BCUT2D eigenvalue weighted by Crippen LogP contribution is -2.40. The second-order valence-electron chi connectivity index (χ2n) is 6.37. The summed E-state index contributed by atoms with van der Waals surface area (Å²) in [4.78, 5) is 37.9. The number of benzene rings is 1. The highest BCUT2D eigenvalue weighted by molar-refractivity contribution is 6.04. The van der Waals surface area contributed by atoms with E-state index in [9.17, 15) is 19.5 Å². The molecule has 1 aromatic carbocycles. The van der Waals surface area contributed by atoms with Crippen LogP contribution in [-0.4, -0.2) is 53.6 Å². The lowest BCUT2D eigenvalue weighted by molar-refractivity contribution is -0.141. The van der Waals surface area contributed by atoms with Gasteiger partial charge in [-0.3, -0.25) is 9.59 Å². The van der Waals surface area contributed by atoms with Gasteiger partial charge in [0.25, 0.3) is 11.8 Å². The van der Waals surface area contributed by atoms with Crippen molar-refractivity contribution in [3.05, 3.63) is 53.5 Å². The van der Waals surface area contributed by atoms with Crippen molar-refractivity contribution >= 4 is 23.5 Å². The number of furan rings is 1. The summed E-state index contributed by atoms with van der Waals surface area (Å²) in [6.07, 6.45) is 1.32. The van der Waals surface area contributed by atoms with Crippen molar-refractivity contribution in [3.8, 4) is 0 Å². The van der Waals surface area contributed by atoms with Crippen molar-refractivity contribution in [2.45, 2.75) is 25.5 Å². The number of hydrogen-bond donors (Lipinski definition) is 2. The molecule has 2 amide bonds. The molecule has 1 fully saturated rings. The van der Waals surface area contributed by atoms with Gasteiger partial charge >= 0.3 is 5.97 Å². The minimum absolute atomic E-state index is 0.152. The molecule has 2 atom stereocenters. The molecule has 2 aromatic rings. The van der Waals surface area contributed by atoms with Gasteiger partial charge in [0, 0.05) is 31.3 Å². The molecule has 0 saturated carbocycles. The van der Waals surface area contributed by atoms with Crippen LogP contribution in [0.5, 0.6) is 0 Å². The number of nitrogens with one attached hydrogen (secondary N) is 1. The summed E-state index contributed by atoms with van der Waals surface area (Å²) in [5.74, 6) is -1.77. The zero-order valence-electron chi connectivity index (χ0n) is 15.0. The van der Waals surface area contributed by atoms with Gasteiger partial charge in [0.15, 0.2) is 5.76 Å². The number of ether oxygens (including phenoxy) is 1. The Balaban J connectivity index is 1.83. The van der Waals surface area contributed by atoms with Gasteiger partial charge in [-0.05, 0) is 36.8 Å². The molecule has 142 valence electrons. The number of amides is 2. The number of carbonyl (C=O) groups is 3. The molecular formula is C19H20N2O6. The molecule has 3 rings (SSSR count). The van der Waals surface area contributed by atoms with Gasteiger partial charge in [-0.25, -0.2) is 4.79 Å². The van der Waals surface area contributed by atoms with Crippen molar-refractivity contribution in [1.82, 2.24) is 4.90 Å². The first kappa shape index (κ1) is 18.7. The normalized spacial score (nSPS) is 19.1. The summed E-state index contributed by atoms with van der Waals surface area (Å²) < 4.78 is 10.3. The maximum Gasteiger partial charge on any atom is 0.326 e. The van der Waals surface area contributed by atoms with Crippen LogP contribution in [0.4, 0.5) is 5.69 Å². The maximum absolute atomic E-state index is 12.9. The molecule has 1 aromatic heterocycles. The third kappa shape index (κ3) is 3.85. The standard InChI is InChI=1S/C19H20N2O6/c1-11-5-6-12(8-14(11)20-17(22)16-4-3-7-27-16)18(23)21-10-13(26-2)9-15(21)19(24)25/h3-8,13,15H,9-10H2,1-2H3,(H,20,22)(H,24,25). The van der Waals surface area contributed by atoms with E-state index in [0.717, 1.165) is 5.56 Å². The number of aryl methyl sites for hydroxylation is 1. The first-order valence-electron chi connectivity index (χ1n) is 8.42. The lowest BCUT2D eigenvalue weighted by Gasteiger charge is -2.22. The minimum atomic E-state index is -1.07. The fourth-order valence-corrected chi connectivity index (χ4v) is 3.07. The fraction of sp³-hybridized carbons (Fsp3) is 0.316. The molecule has 2 heterocycles. The van der Waals surface area contributed by atoms with E-state index in [0.29, 0.717) is 11.3 Å². The molecule has 0 radical (unpaired) electrons. The largest absolute Gasteiger partial charge is 0.480 e. The monoisotopic (exact) mass is 372 g/mol.